The number of nitrogens with zero attached hydrogens (tertiary/aromatic N) is 3. The van der Waals surface area contributed by atoms with Crippen LogP contribution < -0.4 is 0 Å². The number of aryl methyl sites for hydroxylation is 1. The van der Waals surface area contributed by atoms with Crippen LogP contribution in [0.1, 0.15) is 16.2 Å². The van der Waals surface area contributed by atoms with E-state index in [0.717, 1.165) is 16.7 Å². The van der Waals surface area contributed by atoms with Crippen LogP contribution in [-0.4, -0.2) is 20.3 Å². The molecule has 0 aliphatic rings. The molecule has 3 aromatic rings. The van der Waals surface area contributed by atoms with Crippen molar-refractivity contribution >= 4 is 28.4 Å². The average Bonchev–Trinajstić information content (AvgIpc) is 2.75. The highest BCUT2D eigenvalue weighted by Crippen LogP contribution is 2.19. The Morgan fingerprint density at radius 3 is 2.75 bits per heavy atom. The van der Waals surface area contributed by atoms with Gasteiger partial charge in [-0.2, -0.15) is 0 Å². The van der Waals surface area contributed by atoms with Crippen molar-refractivity contribution in [3.63, 3.8) is 0 Å². The van der Waals surface area contributed by atoms with Gasteiger partial charge in [0.1, 0.15) is 5.69 Å². The predicted octanol–water partition coefficient (Wildman–Crippen LogP) is 3.28. The first-order chi connectivity index (χ1) is 9.65. The van der Waals surface area contributed by atoms with E-state index in [4.69, 9.17) is 11.6 Å². The van der Waals surface area contributed by atoms with E-state index in [1.54, 1.807) is 10.6 Å². The number of Topliss-reactive ketones (excluding diaryl/α,β-unsaturated/α-hetero) is 1. The molecule has 4 nitrogen and oxygen atoms in total. The van der Waals surface area contributed by atoms with Gasteiger partial charge in [-0.25, -0.2) is 9.97 Å². The molecular formula is C15H12ClN3O. The molecule has 0 fully saturated rings. The molecule has 0 aliphatic carbocycles. The Balaban J connectivity index is 1.97. The molecule has 0 saturated heterocycles. The standard InChI is InChI=1S/C15H12ClN3O/c1-10-5-4-7-12(17-10)14(20)9-19-13-8-3-2-6-11(13)18-15(19)16/h2-8H,9H2,1H3. The first kappa shape index (κ1) is 12.8. The van der Waals surface area contributed by atoms with E-state index in [2.05, 4.69) is 9.97 Å². The third kappa shape index (κ3) is 2.30. The molecule has 0 N–H and O–H groups in total. The first-order valence-electron chi connectivity index (χ1n) is 6.23. The average molecular weight is 286 g/mol. The number of rotatable bonds is 3. The predicted molar refractivity (Wildman–Crippen MR) is 78.0 cm³/mol. The van der Waals surface area contributed by atoms with Crippen LogP contribution >= 0.6 is 11.6 Å². The van der Waals surface area contributed by atoms with E-state index in [9.17, 15) is 4.79 Å². The summed E-state index contributed by atoms with van der Waals surface area (Å²) in [6.45, 7) is 1.99. The molecule has 3 rings (SSSR count). The second-order valence-corrected chi connectivity index (χ2v) is 4.88. The second kappa shape index (κ2) is 5.06. The van der Waals surface area contributed by atoms with Gasteiger partial charge in [0, 0.05) is 5.69 Å². The Morgan fingerprint density at radius 2 is 1.95 bits per heavy atom. The maximum atomic E-state index is 12.3. The molecule has 100 valence electrons. The van der Waals surface area contributed by atoms with Crippen molar-refractivity contribution in [1.82, 2.24) is 14.5 Å². The van der Waals surface area contributed by atoms with E-state index in [-0.39, 0.29) is 12.3 Å². The zero-order chi connectivity index (χ0) is 14.1. The lowest BCUT2D eigenvalue weighted by molar-refractivity contribution is 0.0968. The number of halogens is 1. The highest BCUT2D eigenvalue weighted by atomic mass is 35.5. The smallest absolute Gasteiger partial charge is 0.204 e. The van der Waals surface area contributed by atoms with Crippen molar-refractivity contribution in [2.45, 2.75) is 13.5 Å². The number of hydrogen-bond acceptors (Lipinski definition) is 3. The second-order valence-electron chi connectivity index (χ2n) is 4.54. The molecule has 0 atom stereocenters. The van der Waals surface area contributed by atoms with E-state index >= 15 is 0 Å². The van der Waals surface area contributed by atoms with Crippen LogP contribution in [0.2, 0.25) is 5.28 Å². The number of ketones is 1. The summed E-state index contributed by atoms with van der Waals surface area (Å²) in [4.78, 5) is 20.8. The minimum Gasteiger partial charge on any atom is -0.307 e. The summed E-state index contributed by atoms with van der Waals surface area (Å²) in [5.41, 5.74) is 2.89. The Hall–Kier alpha value is -2.20. The normalized spacial score (nSPS) is 10.9. The fraction of sp³-hybridized carbons (Fsp3) is 0.133. The number of para-hydroxylation sites is 2. The van der Waals surface area contributed by atoms with Gasteiger partial charge in [-0.05, 0) is 42.8 Å². The van der Waals surface area contributed by atoms with Gasteiger partial charge < -0.3 is 4.57 Å². The lowest BCUT2D eigenvalue weighted by atomic mass is 10.2. The van der Waals surface area contributed by atoms with Crippen LogP contribution in [0, 0.1) is 6.92 Å². The first-order valence-corrected chi connectivity index (χ1v) is 6.60. The number of benzene rings is 1. The van der Waals surface area contributed by atoms with Crippen LogP contribution in [0.5, 0.6) is 0 Å². The van der Waals surface area contributed by atoms with Crippen molar-refractivity contribution in [3.8, 4) is 0 Å². The molecule has 1 aromatic carbocycles. The SMILES string of the molecule is Cc1cccc(C(=O)Cn2c(Cl)nc3ccccc32)n1. The Morgan fingerprint density at radius 1 is 1.15 bits per heavy atom. The maximum absolute atomic E-state index is 12.3. The van der Waals surface area contributed by atoms with Gasteiger partial charge in [-0.3, -0.25) is 4.79 Å². The molecule has 20 heavy (non-hydrogen) atoms. The van der Waals surface area contributed by atoms with Crippen LogP contribution in [0.25, 0.3) is 11.0 Å². The molecule has 2 heterocycles. The molecule has 0 aliphatic heterocycles. The third-order valence-electron chi connectivity index (χ3n) is 3.08. The van der Waals surface area contributed by atoms with Crippen molar-refractivity contribution < 1.29 is 4.79 Å². The Labute approximate surface area is 121 Å². The molecule has 0 amide bonds. The summed E-state index contributed by atoms with van der Waals surface area (Å²) in [6, 6.07) is 12.9. The van der Waals surface area contributed by atoms with E-state index in [1.165, 1.54) is 0 Å². The summed E-state index contributed by atoms with van der Waals surface area (Å²) >= 11 is 6.11. The molecule has 2 aromatic heterocycles. The third-order valence-corrected chi connectivity index (χ3v) is 3.37. The number of aromatic nitrogens is 3. The lowest BCUT2D eigenvalue weighted by Gasteiger charge is -2.05. The molecule has 0 bridgehead atoms. The molecule has 0 saturated carbocycles. The Bertz CT molecular complexity index is 795. The highest BCUT2D eigenvalue weighted by molar-refractivity contribution is 6.29. The van der Waals surface area contributed by atoms with Crippen molar-refractivity contribution in [2.75, 3.05) is 0 Å². The lowest BCUT2D eigenvalue weighted by Crippen LogP contribution is -2.12. The van der Waals surface area contributed by atoms with Gasteiger partial charge in [0.2, 0.25) is 11.1 Å². The topological polar surface area (TPSA) is 47.8 Å². The number of carbonyl (C=O) groups excluding carboxylic acids is 1. The fourth-order valence-corrected chi connectivity index (χ4v) is 2.36. The van der Waals surface area contributed by atoms with Crippen LogP contribution in [-0.2, 0) is 6.54 Å². The zero-order valence-electron chi connectivity index (χ0n) is 10.9. The summed E-state index contributed by atoms with van der Waals surface area (Å²) in [6.07, 6.45) is 0. The number of carbonyl (C=O) groups is 1. The summed E-state index contributed by atoms with van der Waals surface area (Å²) in [5, 5.41) is 0.312. The Kier molecular flexibility index (Phi) is 3.24. The van der Waals surface area contributed by atoms with Gasteiger partial charge in [-0.1, -0.05) is 18.2 Å². The molecule has 0 unspecified atom stereocenters. The minimum atomic E-state index is -0.0845. The maximum Gasteiger partial charge on any atom is 0.204 e. The molecule has 0 radical (unpaired) electrons. The van der Waals surface area contributed by atoms with Crippen molar-refractivity contribution in [2.24, 2.45) is 0 Å². The van der Waals surface area contributed by atoms with Gasteiger partial charge in [0.15, 0.2) is 0 Å². The fourth-order valence-electron chi connectivity index (χ4n) is 2.12. The van der Waals surface area contributed by atoms with Gasteiger partial charge >= 0.3 is 0 Å². The molecule has 0 spiro atoms. The summed E-state index contributed by atoms with van der Waals surface area (Å²) in [5.74, 6) is -0.0845. The van der Waals surface area contributed by atoms with Crippen LogP contribution in [0.15, 0.2) is 42.5 Å². The molecular weight excluding hydrogens is 274 g/mol. The highest BCUT2D eigenvalue weighted by Gasteiger charge is 2.14. The number of imidazole rings is 1. The van der Waals surface area contributed by atoms with Crippen molar-refractivity contribution in [3.05, 3.63) is 59.1 Å². The summed E-state index contributed by atoms with van der Waals surface area (Å²) in [7, 11) is 0. The van der Waals surface area contributed by atoms with Gasteiger partial charge in [-0.15, -0.1) is 0 Å². The van der Waals surface area contributed by atoms with E-state index in [1.807, 2.05) is 43.3 Å². The molecule has 5 heteroatoms. The van der Waals surface area contributed by atoms with Crippen LogP contribution in [0.4, 0.5) is 0 Å². The monoisotopic (exact) mass is 285 g/mol. The van der Waals surface area contributed by atoms with Crippen molar-refractivity contribution in [1.29, 1.82) is 0 Å². The van der Waals surface area contributed by atoms with E-state index in [0.29, 0.717) is 11.0 Å². The number of hydrogen-bond donors (Lipinski definition) is 0. The number of fused-ring (bicyclic) bond motifs is 1. The van der Waals surface area contributed by atoms with Crippen LogP contribution in [0.3, 0.4) is 0 Å². The minimum absolute atomic E-state index is 0.0845. The van der Waals surface area contributed by atoms with E-state index < -0.39 is 0 Å². The van der Waals surface area contributed by atoms with Gasteiger partial charge in [0.05, 0.1) is 17.6 Å². The number of pyridine rings is 1. The quantitative estimate of drug-likeness (QED) is 0.694. The zero-order valence-corrected chi connectivity index (χ0v) is 11.6. The van der Waals surface area contributed by atoms with Gasteiger partial charge in [0.25, 0.3) is 0 Å². The summed E-state index contributed by atoms with van der Waals surface area (Å²) < 4.78 is 1.70. The largest absolute Gasteiger partial charge is 0.307 e.